The Hall–Kier alpha value is -1.61. The van der Waals surface area contributed by atoms with Gasteiger partial charge < -0.3 is 10.1 Å². The van der Waals surface area contributed by atoms with Crippen LogP contribution in [0.5, 0.6) is 0 Å². The summed E-state index contributed by atoms with van der Waals surface area (Å²) >= 11 is 0. The van der Waals surface area contributed by atoms with Crippen molar-refractivity contribution in [1.82, 2.24) is 5.32 Å². The molecular formula is C14H17NO2. The summed E-state index contributed by atoms with van der Waals surface area (Å²) in [7, 11) is 0. The summed E-state index contributed by atoms with van der Waals surface area (Å²) in [5, 5.41) is 3.28. The predicted octanol–water partition coefficient (Wildman–Crippen LogP) is 1.99. The number of carbonyl (C=O) groups excluding carboxylic acids is 1. The molecule has 17 heavy (non-hydrogen) atoms. The van der Waals surface area contributed by atoms with Gasteiger partial charge in [-0.15, -0.1) is 0 Å². The highest BCUT2D eigenvalue weighted by molar-refractivity contribution is 5.81. The van der Waals surface area contributed by atoms with E-state index in [0.717, 1.165) is 31.5 Å². The van der Waals surface area contributed by atoms with E-state index in [2.05, 4.69) is 11.9 Å². The van der Waals surface area contributed by atoms with Crippen LogP contribution in [0.25, 0.3) is 0 Å². The van der Waals surface area contributed by atoms with E-state index in [0.29, 0.717) is 0 Å². The molecule has 1 heterocycles. The van der Waals surface area contributed by atoms with Gasteiger partial charge in [0.2, 0.25) is 0 Å². The van der Waals surface area contributed by atoms with E-state index in [1.807, 2.05) is 30.3 Å². The average molecular weight is 231 g/mol. The Balaban J connectivity index is 2.29. The lowest BCUT2D eigenvalue weighted by atomic mass is 9.85. The van der Waals surface area contributed by atoms with E-state index in [-0.39, 0.29) is 5.97 Å². The van der Waals surface area contributed by atoms with Crippen molar-refractivity contribution in [3.8, 4) is 0 Å². The first-order valence-corrected chi connectivity index (χ1v) is 5.88. The van der Waals surface area contributed by atoms with Crippen molar-refractivity contribution in [2.75, 3.05) is 13.1 Å². The fourth-order valence-electron chi connectivity index (χ4n) is 2.26. The van der Waals surface area contributed by atoms with Gasteiger partial charge in [-0.2, -0.15) is 0 Å². The number of nitrogens with one attached hydrogen (secondary N) is 1. The van der Waals surface area contributed by atoms with Crippen molar-refractivity contribution >= 4 is 5.97 Å². The third kappa shape index (κ3) is 2.56. The molecule has 3 nitrogen and oxygen atoms in total. The fraction of sp³-hybridized carbons (Fsp3) is 0.357. The van der Waals surface area contributed by atoms with Gasteiger partial charge in [-0.3, -0.25) is 0 Å². The number of hydrogen-bond donors (Lipinski definition) is 1. The van der Waals surface area contributed by atoms with Gasteiger partial charge in [0.05, 0.1) is 0 Å². The van der Waals surface area contributed by atoms with E-state index in [1.54, 1.807) is 0 Å². The van der Waals surface area contributed by atoms with Crippen molar-refractivity contribution in [3.63, 3.8) is 0 Å². The van der Waals surface area contributed by atoms with Crippen LogP contribution in [0.15, 0.2) is 43.0 Å². The van der Waals surface area contributed by atoms with E-state index in [9.17, 15) is 4.79 Å². The van der Waals surface area contributed by atoms with Crippen molar-refractivity contribution < 1.29 is 9.53 Å². The molecular weight excluding hydrogens is 214 g/mol. The number of rotatable bonds is 3. The van der Waals surface area contributed by atoms with Gasteiger partial charge in [0, 0.05) is 18.9 Å². The highest BCUT2D eigenvalue weighted by atomic mass is 16.6. The smallest absolute Gasteiger partial charge is 0.331 e. The number of benzene rings is 1. The maximum atomic E-state index is 11.5. The summed E-state index contributed by atoms with van der Waals surface area (Å²) in [5.41, 5.74) is 0.578. The summed E-state index contributed by atoms with van der Waals surface area (Å²) in [5.74, 6) is -0.351. The molecule has 0 aliphatic carbocycles. The standard InChI is InChI=1S/C14H17NO2/c1-2-13(16)17-14(8-10-15-11-9-14)12-6-4-3-5-7-12/h2-7,15H,1,8-11H2. The zero-order chi connectivity index (χ0) is 12.1. The fourth-order valence-corrected chi connectivity index (χ4v) is 2.26. The molecule has 0 amide bonds. The summed E-state index contributed by atoms with van der Waals surface area (Å²) in [6.07, 6.45) is 2.83. The SMILES string of the molecule is C=CC(=O)OC1(c2ccccc2)CCNCC1. The molecule has 1 N–H and O–H groups in total. The minimum Gasteiger partial charge on any atom is -0.451 e. The Bertz CT molecular complexity index is 394. The van der Waals surface area contributed by atoms with Gasteiger partial charge in [0.15, 0.2) is 0 Å². The molecule has 1 saturated heterocycles. The number of esters is 1. The first-order valence-electron chi connectivity index (χ1n) is 5.88. The Labute approximate surface area is 101 Å². The van der Waals surface area contributed by atoms with E-state index >= 15 is 0 Å². The summed E-state index contributed by atoms with van der Waals surface area (Å²) in [6, 6.07) is 9.94. The predicted molar refractivity (Wildman–Crippen MR) is 66.5 cm³/mol. The summed E-state index contributed by atoms with van der Waals surface area (Å²) in [4.78, 5) is 11.5. The second kappa shape index (κ2) is 5.15. The molecule has 1 aliphatic rings. The van der Waals surface area contributed by atoms with Gasteiger partial charge in [-0.1, -0.05) is 36.9 Å². The third-order valence-electron chi connectivity index (χ3n) is 3.17. The average Bonchev–Trinajstić information content (AvgIpc) is 2.40. The van der Waals surface area contributed by atoms with Crippen molar-refractivity contribution in [3.05, 3.63) is 48.6 Å². The lowest BCUT2D eigenvalue weighted by Crippen LogP contribution is -2.42. The summed E-state index contributed by atoms with van der Waals surface area (Å²) < 4.78 is 5.62. The largest absolute Gasteiger partial charge is 0.451 e. The number of carbonyl (C=O) groups is 1. The van der Waals surface area contributed by atoms with Crippen molar-refractivity contribution in [1.29, 1.82) is 0 Å². The molecule has 0 radical (unpaired) electrons. The molecule has 0 bridgehead atoms. The first kappa shape index (κ1) is 11.9. The highest BCUT2D eigenvalue weighted by Gasteiger charge is 2.37. The van der Waals surface area contributed by atoms with Crippen LogP contribution in [-0.4, -0.2) is 19.1 Å². The lowest BCUT2D eigenvalue weighted by molar-refractivity contribution is -0.157. The normalized spacial score (nSPS) is 18.4. The first-order chi connectivity index (χ1) is 8.27. The summed E-state index contributed by atoms with van der Waals surface area (Å²) in [6.45, 7) is 5.18. The zero-order valence-electron chi connectivity index (χ0n) is 9.82. The molecule has 1 aromatic carbocycles. The van der Waals surface area contributed by atoms with Gasteiger partial charge in [0.1, 0.15) is 5.60 Å². The number of ether oxygens (including phenoxy) is 1. The molecule has 0 atom stereocenters. The Morgan fingerprint density at radius 2 is 1.94 bits per heavy atom. The van der Waals surface area contributed by atoms with Gasteiger partial charge in [-0.25, -0.2) is 4.79 Å². The maximum absolute atomic E-state index is 11.5. The quantitative estimate of drug-likeness (QED) is 0.638. The van der Waals surface area contributed by atoms with Crippen LogP contribution < -0.4 is 5.32 Å². The number of hydrogen-bond acceptors (Lipinski definition) is 3. The van der Waals surface area contributed by atoms with Crippen LogP contribution in [0.1, 0.15) is 18.4 Å². The Kier molecular flexibility index (Phi) is 3.59. The van der Waals surface area contributed by atoms with E-state index < -0.39 is 5.60 Å². The minimum atomic E-state index is -0.488. The van der Waals surface area contributed by atoms with Gasteiger partial charge >= 0.3 is 5.97 Å². The molecule has 1 fully saturated rings. The molecule has 0 saturated carbocycles. The van der Waals surface area contributed by atoms with Crippen LogP contribution in [0.4, 0.5) is 0 Å². The second-order valence-corrected chi connectivity index (χ2v) is 4.24. The van der Waals surface area contributed by atoms with E-state index in [4.69, 9.17) is 4.74 Å². The molecule has 1 aliphatic heterocycles. The molecule has 0 spiro atoms. The third-order valence-corrected chi connectivity index (χ3v) is 3.17. The Morgan fingerprint density at radius 3 is 2.53 bits per heavy atom. The van der Waals surface area contributed by atoms with Crippen LogP contribution in [-0.2, 0) is 15.1 Å². The van der Waals surface area contributed by atoms with Crippen molar-refractivity contribution in [2.45, 2.75) is 18.4 Å². The molecule has 1 aromatic rings. The Morgan fingerprint density at radius 1 is 1.29 bits per heavy atom. The highest BCUT2D eigenvalue weighted by Crippen LogP contribution is 2.34. The second-order valence-electron chi connectivity index (χ2n) is 4.24. The van der Waals surface area contributed by atoms with Crippen LogP contribution in [0.3, 0.4) is 0 Å². The van der Waals surface area contributed by atoms with Crippen molar-refractivity contribution in [2.24, 2.45) is 0 Å². The molecule has 0 unspecified atom stereocenters. The maximum Gasteiger partial charge on any atom is 0.331 e. The van der Waals surface area contributed by atoms with Crippen LogP contribution in [0.2, 0.25) is 0 Å². The molecule has 0 aromatic heterocycles. The van der Waals surface area contributed by atoms with Crippen LogP contribution >= 0.6 is 0 Å². The molecule has 90 valence electrons. The molecule has 3 heteroatoms. The minimum absolute atomic E-state index is 0.351. The van der Waals surface area contributed by atoms with Crippen LogP contribution in [0, 0.1) is 0 Å². The topological polar surface area (TPSA) is 38.3 Å². The molecule has 2 rings (SSSR count). The van der Waals surface area contributed by atoms with E-state index in [1.165, 1.54) is 6.08 Å². The van der Waals surface area contributed by atoms with Gasteiger partial charge in [0.25, 0.3) is 0 Å². The lowest BCUT2D eigenvalue weighted by Gasteiger charge is -2.37. The zero-order valence-corrected chi connectivity index (χ0v) is 9.82. The number of piperidine rings is 1. The monoisotopic (exact) mass is 231 g/mol. The van der Waals surface area contributed by atoms with Gasteiger partial charge in [-0.05, 0) is 18.7 Å².